The Hall–Kier alpha value is -1.82. The number of carboxylic acid groups (broad SMARTS) is 1. The minimum Gasteiger partial charge on any atom is -0.478 e. The molecule has 88 valence electrons. The molecule has 0 aromatic carbocycles. The number of hydrogen-bond donors (Lipinski definition) is 3. The maximum absolute atomic E-state index is 10.7. The van der Waals surface area contributed by atoms with Gasteiger partial charge in [-0.25, -0.2) is 4.79 Å². The monoisotopic (exact) mass is 226 g/mol. The van der Waals surface area contributed by atoms with Gasteiger partial charge in [0.2, 0.25) is 5.91 Å². The van der Waals surface area contributed by atoms with Crippen LogP contribution in [0.25, 0.3) is 0 Å². The zero-order valence-electron chi connectivity index (χ0n) is 8.73. The van der Waals surface area contributed by atoms with Crippen molar-refractivity contribution in [2.75, 3.05) is 6.54 Å². The van der Waals surface area contributed by atoms with Crippen LogP contribution in [-0.4, -0.2) is 23.5 Å². The highest BCUT2D eigenvalue weighted by Crippen LogP contribution is 2.09. The van der Waals surface area contributed by atoms with Crippen molar-refractivity contribution in [2.45, 2.75) is 19.4 Å². The molecule has 16 heavy (non-hydrogen) atoms. The van der Waals surface area contributed by atoms with Crippen LogP contribution >= 0.6 is 0 Å². The standard InChI is InChI=1S/C10H14N2O4/c11-9(13)2-1-4-12-6-8-7(10(14)15)3-5-16-8/h3,5,12H,1-2,4,6H2,(H2,11,13)(H,14,15). The van der Waals surface area contributed by atoms with Crippen LogP contribution in [0.2, 0.25) is 0 Å². The van der Waals surface area contributed by atoms with Crippen LogP contribution in [0.3, 0.4) is 0 Å². The quantitative estimate of drug-likeness (QED) is 0.581. The first-order valence-electron chi connectivity index (χ1n) is 4.90. The van der Waals surface area contributed by atoms with E-state index < -0.39 is 5.97 Å². The van der Waals surface area contributed by atoms with Gasteiger partial charge in [0.1, 0.15) is 11.3 Å². The van der Waals surface area contributed by atoms with Gasteiger partial charge in [0.25, 0.3) is 0 Å². The van der Waals surface area contributed by atoms with Crippen molar-refractivity contribution in [3.05, 3.63) is 23.7 Å². The van der Waals surface area contributed by atoms with E-state index in [4.69, 9.17) is 15.3 Å². The third kappa shape index (κ3) is 3.74. The second kappa shape index (κ2) is 5.92. The number of primary amides is 1. The molecule has 1 aromatic rings. The van der Waals surface area contributed by atoms with E-state index in [2.05, 4.69) is 5.32 Å². The molecule has 0 saturated carbocycles. The van der Waals surface area contributed by atoms with E-state index in [0.717, 1.165) is 0 Å². The summed E-state index contributed by atoms with van der Waals surface area (Å²) >= 11 is 0. The first-order chi connectivity index (χ1) is 7.61. The summed E-state index contributed by atoms with van der Waals surface area (Å²) < 4.78 is 5.02. The molecule has 6 nitrogen and oxygen atoms in total. The molecule has 1 amide bonds. The second-order valence-electron chi connectivity index (χ2n) is 3.31. The average molecular weight is 226 g/mol. The fourth-order valence-corrected chi connectivity index (χ4v) is 1.26. The number of nitrogens with two attached hydrogens (primary N) is 1. The molecule has 1 heterocycles. The molecule has 4 N–H and O–H groups in total. The molecule has 6 heteroatoms. The Balaban J connectivity index is 2.29. The molecule has 0 bridgehead atoms. The highest BCUT2D eigenvalue weighted by atomic mass is 16.4. The summed E-state index contributed by atoms with van der Waals surface area (Å²) in [5, 5.41) is 11.8. The highest BCUT2D eigenvalue weighted by molar-refractivity contribution is 5.88. The number of carboxylic acids is 1. The van der Waals surface area contributed by atoms with E-state index in [1.807, 2.05) is 0 Å². The number of furan rings is 1. The third-order valence-electron chi connectivity index (χ3n) is 2.04. The van der Waals surface area contributed by atoms with Gasteiger partial charge in [0.15, 0.2) is 0 Å². The summed E-state index contributed by atoms with van der Waals surface area (Å²) in [5.74, 6) is -0.972. The van der Waals surface area contributed by atoms with Gasteiger partial charge in [-0.15, -0.1) is 0 Å². The predicted molar refractivity (Wildman–Crippen MR) is 55.8 cm³/mol. The summed E-state index contributed by atoms with van der Waals surface area (Å²) in [6.45, 7) is 0.913. The van der Waals surface area contributed by atoms with Gasteiger partial charge >= 0.3 is 5.97 Å². The molecule has 1 rings (SSSR count). The Labute approximate surface area is 92.4 Å². The van der Waals surface area contributed by atoms with Crippen LogP contribution in [0, 0.1) is 0 Å². The van der Waals surface area contributed by atoms with Gasteiger partial charge < -0.3 is 20.6 Å². The van der Waals surface area contributed by atoms with Crippen LogP contribution in [0.5, 0.6) is 0 Å². The second-order valence-corrected chi connectivity index (χ2v) is 3.31. The molecular weight excluding hydrogens is 212 g/mol. The molecule has 0 aliphatic carbocycles. The topological polar surface area (TPSA) is 106 Å². The molecule has 0 atom stereocenters. The molecule has 0 aliphatic heterocycles. The van der Waals surface area contributed by atoms with Crippen LogP contribution < -0.4 is 11.1 Å². The Morgan fingerprint density at radius 1 is 1.50 bits per heavy atom. The van der Waals surface area contributed by atoms with Crippen LogP contribution in [0.1, 0.15) is 29.0 Å². The lowest BCUT2D eigenvalue weighted by Crippen LogP contribution is -2.18. The largest absolute Gasteiger partial charge is 0.478 e. The van der Waals surface area contributed by atoms with Crippen LogP contribution in [-0.2, 0) is 11.3 Å². The van der Waals surface area contributed by atoms with Crippen LogP contribution in [0.15, 0.2) is 16.7 Å². The Bertz CT molecular complexity index is 373. The van der Waals surface area contributed by atoms with E-state index in [1.54, 1.807) is 0 Å². The van der Waals surface area contributed by atoms with Crippen molar-refractivity contribution < 1.29 is 19.1 Å². The smallest absolute Gasteiger partial charge is 0.339 e. The number of amides is 1. The number of rotatable bonds is 7. The van der Waals surface area contributed by atoms with Crippen molar-refractivity contribution in [3.8, 4) is 0 Å². The zero-order valence-corrected chi connectivity index (χ0v) is 8.73. The number of carbonyl (C=O) groups is 2. The third-order valence-corrected chi connectivity index (χ3v) is 2.04. The van der Waals surface area contributed by atoms with Gasteiger partial charge in [-0.05, 0) is 19.0 Å². The Morgan fingerprint density at radius 3 is 2.88 bits per heavy atom. The van der Waals surface area contributed by atoms with Crippen molar-refractivity contribution in [3.63, 3.8) is 0 Å². The first-order valence-corrected chi connectivity index (χ1v) is 4.90. The number of nitrogens with one attached hydrogen (secondary N) is 1. The average Bonchev–Trinajstić information content (AvgIpc) is 2.65. The number of hydrogen-bond acceptors (Lipinski definition) is 4. The maximum atomic E-state index is 10.7. The molecule has 0 spiro atoms. The van der Waals surface area contributed by atoms with Crippen LogP contribution in [0.4, 0.5) is 0 Å². The lowest BCUT2D eigenvalue weighted by molar-refractivity contribution is -0.118. The highest BCUT2D eigenvalue weighted by Gasteiger charge is 2.12. The predicted octanol–water partition coefficient (Wildman–Crippen LogP) is 0.333. The summed E-state index contributed by atoms with van der Waals surface area (Å²) in [5.41, 5.74) is 5.13. The zero-order chi connectivity index (χ0) is 12.0. The first kappa shape index (κ1) is 12.3. The molecule has 1 aromatic heterocycles. The van der Waals surface area contributed by atoms with Crippen molar-refractivity contribution in [2.24, 2.45) is 5.73 Å². The summed E-state index contributed by atoms with van der Waals surface area (Å²) in [6.07, 6.45) is 2.28. The van der Waals surface area contributed by atoms with Gasteiger partial charge in [-0.3, -0.25) is 4.79 Å². The van der Waals surface area contributed by atoms with E-state index in [1.165, 1.54) is 12.3 Å². The SMILES string of the molecule is NC(=O)CCCNCc1occc1C(=O)O. The maximum Gasteiger partial charge on any atom is 0.339 e. The Kier molecular flexibility index (Phi) is 4.53. The molecule has 0 aliphatic rings. The molecule has 0 radical (unpaired) electrons. The Morgan fingerprint density at radius 2 is 2.25 bits per heavy atom. The summed E-state index contributed by atoms with van der Waals surface area (Å²) in [7, 11) is 0. The van der Waals surface area contributed by atoms with E-state index in [-0.39, 0.29) is 11.5 Å². The minimum atomic E-state index is -1.01. The summed E-state index contributed by atoms with van der Waals surface area (Å²) in [6, 6.07) is 1.41. The molecular formula is C10H14N2O4. The van der Waals surface area contributed by atoms with E-state index >= 15 is 0 Å². The molecule has 0 fully saturated rings. The van der Waals surface area contributed by atoms with Gasteiger partial charge in [-0.1, -0.05) is 0 Å². The summed E-state index contributed by atoms with van der Waals surface area (Å²) in [4.78, 5) is 21.1. The van der Waals surface area contributed by atoms with Crippen molar-refractivity contribution in [1.82, 2.24) is 5.32 Å². The number of aromatic carboxylic acids is 1. The van der Waals surface area contributed by atoms with Gasteiger partial charge in [0, 0.05) is 6.42 Å². The minimum absolute atomic E-state index is 0.155. The normalized spacial score (nSPS) is 10.2. The van der Waals surface area contributed by atoms with E-state index in [0.29, 0.717) is 31.7 Å². The molecule has 0 saturated heterocycles. The lowest BCUT2D eigenvalue weighted by Gasteiger charge is -2.02. The fourth-order valence-electron chi connectivity index (χ4n) is 1.26. The van der Waals surface area contributed by atoms with E-state index in [9.17, 15) is 9.59 Å². The van der Waals surface area contributed by atoms with Crippen molar-refractivity contribution in [1.29, 1.82) is 0 Å². The van der Waals surface area contributed by atoms with Crippen molar-refractivity contribution >= 4 is 11.9 Å². The number of carbonyl (C=O) groups excluding carboxylic acids is 1. The lowest BCUT2D eigenvalue weighted by atomic mass is 10.2. The van der Waals surface area contributed by atoms with Gasteiger partial charge in [0.05, 0.1) is 12.8 Å². The van der Waals surface area contributed by atoms with Gasteiger partial charge in [-0.2, -0.15) is 0 Å². The fraction of sp³-hybridized carbons (Fsp3) is 0.400. The molecule has 0 unspecified atom stereocenters.